The molecule has 1 atom stereocenters. The summed E-state index contributed by atoms with van der Waals surface area (Å²) in [5.74, 6) is 2.35. The van der Waals surface area contributed by atoms with Gasteiger partial charge in [0, 0.05) is 17.8 Å². The van der Waals surface area contributed by atoms with Crippen molar-refractivity contribution in [1.82, 2.24) is 4.67 Å². The third-order valence-corrected chi connectivity index (χ3v) is 10.1. The standard InChI is InChI=1S/C32H41N2O4PS/c1-25(2)34(26(3)4)39(37-22-10-21-33)38-23-24-40-32(27-11-8-7-9-12-27,28-13-17-30(35-5)18-14-28)29-15-19-31(36-6)20-16-29/h7-9,11-20,25-26H,10,22-24H2,1-6H3. The fourth-order valence-corrected chi connectivity index (χ4v) is 7.79. The van der Waals surface area contributed by atoms with Gasteiger partial charge in [-0.3, -0.25) is 0 Å². The fourth-order valence-electron chi connectivity index (χ4n) is 4.70. The van der Waals surface area contributed by atoms with Gasteiger partial charge in [-0.2, -0.15) is 5.26 Å². The van der Waals surface area contributed by atoms with E-state index in [1.165, 1.54) is 5.56 Å². The van der Waals surface area contributed by atoms with E-state index in [2.05, 4.69) is 87.0 Å². The summed E-state index contributed by atoms with van der Waals surface area (Å²) in [7, 11) is 2.07. The molecule has 3 rings (SSSR count). The van der Waals surface area contributed by atoms with Crippen LogP contribution < -0.4 is 9.47 Å². The van der Waals surface area contributed by atoms with Gasteiger partial charge in [0.1, 0.15) is 11.5 Å². The Morgan fingerprint density at radius 2 is 1.23 bits per heavy atom. The normalized spacial score (nSPS) is 12.5. The molecule has 0 saturated heterocycles. The molecule has 3 aromatic carbocycles. The van der Waals surface area contributed by atoms with Crippen LogP contribution >= 0.6 is 20.3 Å². The molecule has 3 aromatic rings. The van der Waals surface area contributed by atoms with Gasteiger partial charge in [-0.1, -0.05) is 54.6 Å². The van der Waals surface area contributed by atoms with Gasteiger partial charge in [0.25, 0.3) is 8.53 Å². The topological polar surface area (TPSA) is 64.0 Å². The summed E-state index contributed by atoms with van der Waals surface area (Å²) in [6.07, 6.45) is 0.340. The van der Waals surface area contributed by atoms with E-state index in [1.54, 1.807) is 14.2 Å². The molecule has 214 valence electrons. The first-order valence-corrected chi connectivity index (χ1v) is 15.7. The highest BCUT2D eigenvalue weighted by molar-refractivity contribution is 8.00. The number of benzene rings is 3. The Hall–Kier alpha value is -2.59. The molecule has 0 fully saturated rings. The Bertz CT molecular complexity index is 1130. The Morgan fingerprint density at radius 3 is 1.68 bits per heavy atom. The summed E-state index contributed by atoms with van der Waals surface area (Å²) in [4.78, 5) is 0. The molecule has 0 aliphatic rings. The zero-order valence-corrected chi connectivity index (χ0v) is 26.1. The van der Waals surface area contributed by atoms with Crippen molar-refractivity contribution in [2.45, 2.75) is 50.9 Å². The molecule has 0 radical (unpaired) electrons. The monoisotopic (exact) mass is 580 g/mol. The van der Waals surface area contributed by atoms with Gasteiger partial charge in [-0.25, -0.2) is 4.67 Å². The summed E-state index contributed by atoms with van der Waals surface area (Å²) in [5.41, 5.74) is 3.47. The van der Waals surface area contributed by atoms with E-state index in [0.29, 0.717) is 19.6 Å². The van der Waals surface area contributed by atoms with Crippen LogP contribution in [0.2, 0.25) is 0 Å². The van der Waals surface area contributed by atoms with E-state index < -0.39 is 13.3 Å². The van der Waals surface area contributed by atoms with E-state index in [0.717, 1.165) is 28.4 Å². The number of ether oxygens (including phenoxy) is 2. The van der Waals surface area contributed by atoms with Gasteiger partial charge in [-0.05, 0) is 68.7 Å². The zero-order valence-electron chi connectivity index (χ0n) is 24.4. The Morgan fingerprint density at radius 1 is 0.750 bits per heavy atom. The molecule has 0 amide bonds. The number of nitrogens with zero attached hydrogens (tertiary/aromatic N) is 2. The van der Waals surface area contributed by atoms with Gasteiger partial charge in [0.05, 0.1) is 44.7 Å². The van der Waals surface area contributed by atoms with Gasteiger partial charge in [0.2, 0.25) is 0 Å². The smallest absolute Gasteiger partial charge is 0.259 e. The Labute approximate surface area is 245 Å². The molecular formula is C32H41N2O4PS. The first-order chi connectivity index (χ1) is 19.4. The summed E-state index contributed by atoms with van der Waals surface area (Å²) < 4.78 is 25.3. The molecule has 0 N–H and O–H groups in total. The molecule has 6 nitrogen and oxygen atoms in total. The van der Waals surface area contributed by atoms with Crippen molar-refractivity contribution in [2.75, 3.05) is 33.2 Å². The van der Waals surface area contributed by atoms with Crippen molar-refractivity contribution in [1.29, 1.82) is 5.26 Å². The summed E-state index contributed by atoms with van der Waals surface area (Å²) >= 11 is 1.83. The number of nitriles is 1. The first kappa shape index (κ1) is 31.9. The highest BCUT2D eigenvalue weighted by atomic mass is 32.2. The maximum atomic E-state index is 9.03. The first-order valence-electron chi connectivity index (χ1n) is 13.6. The van der Waals surface area contributed by atoms with Crippen molar-refractivity contribution < 1.29 is 18.5 Å². The van der Waals surface area contributed by atoms with Crippen molar-refractivity contribution in [3.63, 3.8) is 0 Å². The van der Waals surface area contributed by atoms with Crippen LogP contribution in [0.15, 0.2) is 78.9 Å². The molecule has 1 unspecified atom stereocenters. The lowest BCUT2D eigenvalue weighted by Gasteiger charge is -2.37. The molecule has 0 bridgehead atoms. The van der Waals surface area contributed by atoms with Crippen LogP contribution in [0.1, 0.15) is 50.8 Å². The van der Waals surface area contributed by atoms with Crippen LogP contribution in [-0.4, -0.2) is 49.9 Å². The average molecular weight is 581 g/mol. The average Bonchev–Trinajstić information content (AvgIpc) is 2.97. The number of thioether (sulfide) groups is 1. The molecule has 0 spiro atoms. The Balaban J connectivity index is 1.96. The van der Waals surface area contributed by atoms with E-state index in [-0.39, 0.29) is 12.1 Å². The third kappa shape index (κ3) is 8.00. The van der Waals surface area contributed by atoms with Crippen LogP contribution in [-0.2, 0) is 13.8 Å². The minimum atomic E-state index is -1.30. The summed E-state index contributed by atoms with van der Waals surface area (Å²) in [6, 6.07) is 29.9. The molecule has 0 heterocycles. The van der Waals surface area contributed by atoms with E-state index in [4.69, 9.17) is 23.8 Å². The lowest BCUT2D eigenvalue weighted by Crippen LogP contribution is -2.34. The van der Waals surface area contributed by atoms with Gasteiger partial charge >= 0.3 is 0 Å². The summed E-state index contributed by atoms with van der Waals surface area (Å²) in [6.45, 7) is 9.45. The Kier molecular flexibility index (Phi) is 12.8. The molecule has 0 aliphatic heterocycles. The van der Waals surface area contributed by atoms with Crippen LogP contribution in [0.4, 0.5) is 0 Å². The second-order valence-corrected chi connectivity index (χ2v) is 12.5. The maximum Gasteiger partial charge on any atom is 0.259 e. The molecule has 0 aromatic heterocycles. The third-order valence-electron chi connectivity index (χ3n) is 6.44. The quantitative estimate of drug-likeness (QED) is 0.0966. The van der Waals surface area contributed by atoms with Crippen molar-refractivity contribution in [3.8, 4) is 17.6 Å². The molecular weight excluding hydrogens is 539 g/mol. The number of hydrogen-bond acceptors (Lipinski definition) is 7. The van der Waals surface area contributed by atoms with Crippen LogP contribution in [0.3, 0.4) is 0 Å². The minimum Gasteiger partial charge on any atom is -0.497 e. The lowest BCUT2D eigenvalue weighted by molar-refractivity contribution is 0.182. The van der Waals surface area contributed by atoms with E-state index >= 15 is 0 Å². The maximum absolute atomic E-state index is 9.03. The molecule has 40 heavy (non-hydrogen) atoms. The van der Waals surface area contributed by atoms with Gasteiger partial charge in [-0.15, -0.1) is 11.8 Å². The number of hydrogen-bond donors (Lipinski definition) is 0. The van der Waals surface area contributed by atoms with Gasteiger partial charge < -0.3 is 18.5 Å². The largest absolute Gasteiger partial charge is 0.497 e. The molecule has 0 aliphatic carbocycles. The lowest BCUT2D eigenvalue weighted by atomic mass is 9.84. The van der Waals surface area contributed by atoms with Crippen LogP contribution in [0, 0.1) is 11.3 Å². The second-order valence-electron chi connectivity index (χ2n) is 9.73. The van der Waals surface area contributed by atoms with Gasteiger partial charge in [0.15, 0.2) is 0 Å². The number of methoxy groups -OCH3 is 2. The predicted molar refractivity (Wildman–Crippen MR) is 166 cm³/mol. The van der Waals surface area contributed by atoms with E-state index in [1.807, 2.05) is 42.1 Å². The molecule has 8 heteroatoms. The number of rotatable bonds is 16. The van der Waals surface area contributed by atoms with Crippen LogP contribution in [0.25, 0.3) is 0 Å². The molecule has 0 saturated carbocycles. The van der Waals surface area contributed by atoms with Crippen molar-refractivity contribution in [2.24, 2.45) is 0 Å². The zero-order chi connectivity index (χ0) is 29.0. The minimum absolute atomic E-state index is 0.253. The highest BCUT2D eigenvalue weighted by Gasteiger charge is 2.37. The summed E-state index contributed by atoms with van der Waals surface area (Å²) in [5, 5.41) is 9.03. The predicted octanol–water partition coefficient (Wildman–Crippen LogP) is 8.02. The fraction of sp³-hybridized carbons (Fsp3) is 0.406. The van der Waals surface area contributed by atoms with Crippen molar-refractivity contribution in [3.05, 3.63) is 95.6 Å². The highest BCUT2D eigenvalue weighted by Crippen LogP contribution is 2.50. The second kappa shape index (κ2) is 16.0. The van der Waals surface area contributed by atoms with Crippen molar-refractivity contribution >= 4 is 20.3 Å². The van der Waals surface area contributed by atoms with Crippen LogP contribution in [0.5, 0.6) is 11.5 Å². The van der Waals surface area contributed by atoms with E-state index in [9.17, 15) is 0 Å². The SMILES string of the molecule is COc1ccc(C(SCCOP(OCCC#N)N(C(C)C)C(C)C)(c2ccccc2)c2ccc(OC)cc2)cc1.